The van der Waals surface area contributed by atoms with Crippen LogP contribution in [0.1, 0.15) is 55.8 Å². The Kier molecular flexibility index (Phi) is 6.13. The molecule has 2 N–H and O–H groups in total. The minimum atomic E-state index is -0.411. The maximum absolute atomic E-state index is 13.0. The minimum Gasteiger partial charge on any atom is -0.349 e. The lowest BCUT2D eigenvalue weighted by Crippen LogP contribution is -2.54. The average Bonchev–Trinajstić information content (AvgIpc) is 3.31. The molecule has 0 bridgehead atoms. The van der Waals surface area contributed by atoms with Crippen LogP contribution in [0.15, 0.2) is 12.4 Å². The molecule has 0 spiro atoms. The van der Waals surface area contributed by atoms with Crippen molar-refractivity contribution in [1.29, 1.82) is 0 Å². The van der Waals surface area contributed by atoms with Gasteiger partial charge in [0.25, 0.3) is 5.91 Å². The third kappa shape index (κ3) is 4.87. The fourth-order valence-electron chi connectivity index (χ4n) is 4.14. The number of piperidine rings is 1. The van der Waals surface area contributed by atoms with Crippen LogP contribution in [0.2, 0.25) is 0 Å². The van der Waals surface area contributed by atoms with Crippen LogP contribution in [0.5, 0.6) is 0 Å². The van der Waals surface area contributed by atoms with E-state index in [4.69, 9.17) is 0 Å². The standard InChI is InChI=1S/C19H29N5O3/c1-13(25)21-17(14-5-3-4-6-14)19(27)24-9-7-16(8-10-24)22-18(26)15-11-20-23(2)12-15/h11-12,14,16-17H,3-10H2,1-2H3,(H,21,25)(H,22,26)/t17-/m0/s1. The first kappa shape index (κ1) is 19.4. The number of nitrogens with one attached hydrogen (secondary N) is 2. The van der Waals surface area contributed by atoms with Crippen molar-refractivity contribution >= 4 is 17.7 Å². The lowest BCUT2D eigenvalue weighted by atomic mass is 9.95. The Morgan fingerprint density at radius 2 is 1.81 bits per heavy atom. The largest absolute Gasteiger partial charge is 0.349 e. The number of rotatable bonds is 5. The molecule has 8 heteroatoms. The number of likely N-dealkylation sites (tertiary alicyclic amines) is 1. The van der Waals surface area contributed by atoms with Crippen LogP contribution in [-0.2, 0) is 16.6 Å². The summed E-state index contributed by atoms with van der Waals surface area (Å²) in [5.74, 6) is -0.0210. The molecule has 1 aromatic heterocycles. The van der Waals surface area contributed by atoms with Gasteiger partial charge in [0.05, 0.1) is 11.8 Å². The van der Waals surface area contributed by atoms with Gasteiger partial charge in [-0.3, -0.25) is 19.1 Å². The molecule has 8 nitrogen and oxygen atoms in total. The van der Waals surface area contributed by atoms with Gasteiger partial charge in [-0.25, -0.2) is 0 Å². The Bertz CT molecular complexity index is 687. The number of hydrogen-bond donors (Lipinski definition) is 2. The maximum Gasteiger partial charge on any atom is 0.254 e. The summed E-state index contributed by atoms with van der Waals surface area (Å²) >= 11 is 0. The lowest BCUT2D eigenvalue weighted by Gasteiger charge is -2.36. The summed E-state index contributed by atoms with van der Waals surface area (Å²) in [5.41, 5.74) is 0.544. The zero-order chi connectivity index (χ0) is 19.4. The quantitative estimate of drug-likeness (QED) is 0.797. The molecule has 0 aromatic carbocycles. The number of carbonyl (C=O) groups excluding carboxylic acids is 3. The lowest BCUT2D eigenvalue weighted by molar-refractivity contribution is -0.138. The van der Waals surface area contributed by atoms with E-state index >= 15 is 0 Å². The van der Waals surface area contributed by atoms with Gasteiger partial charge in [-0.1, -0.05) is 12.8 Å². The van der Waals surface area contributed by atoms with Gasteiger partial charge in [0.1, 0.15) is 6.04 Å². The van der Waals surface area contributed by atoms with E-state index in [2.05, 4.69) is 15.7 Å². The number of hydrogen-bond acceptors (Lipinski definition) is 4. The van der Waals surface area contributed by atoms with Crippen molar-refractivity contribution in [1.82, 2.24) is 25.3 Å². The van der Waals surface area contributed by atoms with Gasteiger partial charge in [-0.2, -0.15) is 5.10 Å². The summed E-state index contributed by atoms with van der Waals surface area (Å²) in [4.78, 5) is 38.7. The highest BCUT2D eigenvalue weighted by molar-refractivity contribution is 5.94. The Morgan fingerprint density at radius 3 is 2.37 bits per heavy atom. The van der Waals surface area contributed by atoms with Crippen molar-refractivity contribution in [2.75, 3.05) is 13.1 Å². The molecule has 1 saturated carbocycles. The average molecular weight is 375 g/mol. The molecule has 2 aliphatic rings. The monoisotopic (exact) mass is 375 g/mol. The normalized spacial score (nSPS) is 19.7. The predicted molar refractivity (Wildman–Crippen MR) is 99.8 cm³/mol. The minimum absolute atomic E-state index is 0.0223. The van der Waals surface area contributed by atoms with Crippen molar-refractivity contribution in [2.45, 2.75) is 57.5 Å². The van der Waals surface area contributed by atoms with Crippen LogP contribution in [0.4, 0.5) is 0 Å². The molecule has 148 valence electrons. The predicted octanol–water partition coefficient (Wildman–Crippen LogP) is 0.836. The molecule has 1 aromatic rings. The molecule has 3 amide bonds. The van der Waals surface area contributed by atoms with Crippen LogP contribution in [0.3, 0.4) is 0 Å². The second-order valence-corrected chi connectivity index (χ2v) is 7.70. The Hall–Kier alpha value is -2.38. The molecule has 1 aliphatic heterocycles. The molecular formula is C19H29N5O3. The molecule has 3 rings (SSSR count). The van der Waals surface area contributed by atoms with Crippen molar-refractivity contribution in [3.63, 3.8) is 0 Å². The Balaban J connectivity index is 1.53. The molecule has 0 radical (unpaired) electrons. The highest BCUT2D eigenvalue weighted by Crippen LogP contribution is 2.29. The molecule has 1 aliphatic carbocycles. The van der Waals surface area contributed by atoms with Crippen molar-refractivity contribution in [3.05, 3.63) is 18.0 Å². The zero-order valence-electron chi connectivity index (χ0n) is 16.1. The van der Waals surface area contributed by atoms with Gasteiger partial charge in [0.15, 0.2) is 0 Å². The molecule has 2 heterocycles. The summed E-state index contributed by atoms with van der Waals surface area (Å²) in [7, 11) is 1.77. The molecule has 27 heavy (non-hydrogen) atoms. The Morgan fingerprint density at radius 1 is 1.15 bits per heavy atom. The number of amides is 3. The smallest absolute Gasteiger partial charge is 0.254 e. The molecule has 1 atom stereocenters. The van der Waals surface area contributed by atoms with E-state index in [0.717, 1.165) is 38.5 Å². The van der Waals surface area contributed by atoms with E-state index in [9.17, 15) is 14.4 Å². The summed E-state index contributed by atoms with van der Waals surface area (Å²) < 4.78 is 1.60. The maximum atomic E-state index is 13.0. The third-order valence-corrected chi connectivity index (χ3v) is 5.60. The molecule has 0 unspecified atom stereocenters. The molecule has 1 saturated heterocycles. The highest BCUT2D eigenvalue weighted by atomic mass is 16.2. The van der Waals surface area contributed by atoms with Gasteiger partial charge in [-0.05, 0) is 31.6 Å². The topological polar surface area (TPSA) is 96.3 Å². The number of aromatic nitrogens is 2. The zero-order valence-corrected chi connectivity index (χ0v) is 16.1. The second kappa shape index (κ2) is 8.54. The van der Waals surface area contributed by atoms with E-state index in [1.165, 1.54) is 6.92 Å². The Labute approximate surface area is 159 Å². The fourth-order valence-corrected chi connectivity index (χ4v) is 4.14. The summed E-state index contributed by atoms with van der Waals surface area (Å²) in [6, 6.07) is -0.362. The molecule has 2 fully saturated rings. The molecular weight excluding hydrogens is 346 g/mol. The number of nitrogens with zero attached hydrogens (tertiary/aromatic N) is 3. The van der Waals surface area contributed by atoms with Crippen LogP contribution < -0.4 is 10.6 Å². The third-order valence-electron chi connectivity index (χ3n) is 5.60. The van der Waals surface area contributed by atoms with Gasteiger partial charge < -0.3 is 15.5 Å². The van der Waals surface area contributed by atoms with E-state index in [0.29, 0.717) is 18.7 Å². The van der Waals surface area contributed by atoms with Crippen molar-refractivity contribution in [2.24, 2.45) is 13.0 Å². The van der Waals surface area contributed by atoms with Crippen LogP contribution >= 0.6 is 0 Å². The van der Waals surface area contributed by atoms with E-state index in [1.54, 1.807) is 24.1 Å². The van der Waals surface area contributed by atoms with E-state index in [1.807, 2.05) is 4.90 Å². The van der Waals surface area contributed by atoms with E-state index in [-0.39, 0.29) is 29.7 Å². The van der Waals surface area contributed by atoms with Crippen LogP contribution in [0.25, 0.3) is 0 Å². The van der Waals surface area contributed by atoms with Crippen molar-refractivity contribution in [3.8, 4) is 0 Å². The second-order valence-electron chi connectivity index (χ2n) is 7.70. The summed E-state index contributed by atoms with van der Waals surface area (Å²) in [5, 5.41) is 9.92. The first-order valence-electron chi connectivity index (χ1n) is 9.79. The van der Waals surface area contributed by atoms with Gasteiger partial charge in [0.2, 0.25) is 11.8 Å². The van der Waals surface area contributed by atoms with Crippen LogP contribution in [-0.4, -0.2) is 57.6 Å². The van der Waals surface area contributed by atoms with Crippen molar-refractivity contribution < 1.29 is 14.4 Å². The van der Waals surface area contributed by atoms with Gasteiger partial charge >= 0.3 is 0 Å². The first-order chi connectivity index (χ1) is 12.9. The first-order valence-corrected chi connectivity index (χ1v) is 9.79. The van der Waals surface area contributed by atoms with Gasteiger partial charge in [0, 0.05) is 39.3 Å². The SMILES string of the molecule is CC(=O)N[C@H](C(=O)N1CCC(NC(=O)c2cnn(C)c2)CC1)C1CCCC1. The van der Waals surface area contributed by atoms with E-state index < -0.39 is 6.04 Å². The summed E-state index contributed by atoms with van der Waals surface area (Å²) in [6.07, 6.45) is 8.90. The van der Waals surface area contributed by atoms with Crippen LogP contribution in [0, 0.1) is 5.92 Å². The van der Waals surface area contributed by atoms with Gasteiger partial charge in [-0.15, -0.1) is 0 Å². The fraction of sp³-hybridized carbons (Fsp3) is 0.684. The number of carbonyl (C=O) groups is 3. The number of aryl methyl sites for hydroxylation is 1. The summed E-state index contributed by atoms with van der Waals surface area (Å²) in [6.45, 7) is 2.66. The highest BCUT2D eigenvalue weighted by Gasteiger charge is 2.35.